The van der Waals surface area contributed by atoms with Crippen molar-refractivity contribution in [2.24, 2.45) is 56.7 Å². The number of aromatic carboxylic acids is 1. The van der Waals surface area contributed by atoms with Gasteiger partial charge in [-0.15, -0.1) is 0 Å². The number of fused-ring (bicyclic) bond motifs is 7. The molecular weight excluding hydrogens is 653 g/mol. The van der Waals surface area contributed by atoms with Crippen LogP contribution in [0.1, 0.15) is 122 Å². The zero-order valence-corrected chi connectivity index (χ0v) is 32.9. The number of carbonyl (C=O) groups excluding carboxylic acids is 2. The van der Waals surface area contributed by atoms with E-state index in [4.69, 9.17) is 0 Å². The highest BCUT2D eigenvalue weighted by molar-refractivity contribution is 8.15. The minimum absolute atomic E-state index is 0.0104. The summed E-state index contributed by atoms with van der Waals surface area (Å²) in [6, 6.07) is 7.59. The molecule has 6 aliphatic rings. The maximum atomic E-state index is 12.3. The van der Waals surface area contributed by atoms with Crippen molar-refractivity contribution in [3.8, 4) is 0 Å². The van der Waals surface area contributed by atoms with Crippen LogP contribution in [0.2, 0.25) is 0 Å². The molecule has 6 nitrogen and oxygen atoms in total. The van der Waals surface area contributed by atoms with Crippen LogP contribution < -0.4 is 5.32 Å². The van der Waals surface area contributed by atoms with Gasteiger partial charge in [0.2, 0.25) is 0 Å². The molecule has 278 valence electrons. The number of carbonyl (C=O) groups is 3. The summed E-state index contributed by atoms with van der Waals surface area (Å²) in [6.07, 6.45) is 14.8. The second-order valence-corrected chi connectivity index (χ2v) is 20.0. The van der Waals surface area contributed by atoms with E-state index in [1.54, 1.807) is 17.0 Å². The Morgan fingerprint density at radius 2 is 1.71 bits per heavy atom. The summed E-state index contributed by atoms with van der Waals surface area (Å²) in [7, 11) is 0. The van der Waals surface area contributed by atoms with Crippen LogP contribution >= 0.6 is 11.8 Å². The predicted molar refractivity (Wildman–Crippen MR) is 207 cm³/mol. The van der Waals surface area contributed by atoms with Crippen molar-refractivity contribution in [3.63, 3.8) is 0 Å². The topological polar surface area (TPSA) is 86.7 Å². The van der Waals surface area contributed by atoms with Crippen molar-refractivity contribution in [2.45, 2.75) is 106 Å². The summed E-state index contributed by atoms with van der Waals surface area (Å²) in [6.45, 7) is 23.1. The summed E-state index contributed by atoms with van der Waals surface area (Å²) in [5.41, 5.74) is 5.41. The Morgan fingerprint density at radius 1 is 0.961 bits per heavy atom. The number of nitrogens with zero attached hydrogens (tertiary/aromatic N) is 1. The summed E-state index contributed by atoms with van der Waals surface area (Å²) in [4.78, 5) is 37.5. The molecule has 1 amide bonds. The van der Waals surface area contributed by atoms with Gasteiger partial charge in [-0.25, -0.2) is 4.79 Å². The van der Waals surface area contributed by atoms with Gasteiger partial charge < -0.3 is 15.3 Å². The zero-order valence-electron chi connectivity index (χ0n) is 32.1. The third kappa shape index (κ3) is 5.72. The quantitative estimate of drug-likeness (QED) is 0.151. The van der Waals surface area contributed by atoms with Crippen LogP contribution in [0, 0.1) is 56.7 Å². The molecule has 7 heteroatoms. The second-order valence-electron chi connectivity index (χ2n) is 18.9. The Hall–Kier alpha value is -2.38. The van der Waals surface area contributed by atoms with Gasteiger partial charge in [-0.3, -0.25) is 9.59 Å². The molecule has 4 saturated carbocycles. The third-order valence-corrected chi connectivity index (χ3v) is 17.4. The van der Waals surface area contributed by atoms with E-state index >= 15 is 0 Å². The van der Waals surface area contributed by atoms with Crippen LogP contribution in [0.5, 0.6) is 0 Å². The largest absolute Gasteiger partial charge is 0.478 e. The number of benzene rings is 1. The van der Waals surface area contributed by atoms with Gasteiger partial charge in [-0.05, 0) is 158 Å². The molecule has 0 unspecified atom stereocenters. The standard InChI is InChI=1S/C44H62N2O4S/c1-28(2)31-15-20-44(27-45-23-8-24-46-25-26-51-39(50)37(46)47)22-21-42(6)33(36(31)44)13-14-35-41(5)18-16-32(29-9-11-30(12-10-29)38(48)49)40(3,4)34(41)17-19-43(35,42)7/h9-12,16,31,33-36,45H,1,8,13-15,17-27H2,2-7H3,(H,48,49)/t31-,33+,34-,35+,36+,41-,42+,43+,44+/m0/s1. The van der Waals surface area contributed by atoms with E-state index in [1.807, 2.05) is 12.1 Å². The van der Waals surface area contributed by atoms with Gasteiger partial charge in [0.15, 0.2) is 0 Å². The molecule has 1 aliphatic heterocycles. The van der Waals surface area contributed by atoms with Crippen LogP contribution in [0.3, 0.4) is 0 Å². The number of hydrogen-bond acceptors (Lipinski definition) is 5. The van der Waals surface area contributed by atoms with Crippen LogP contribution in [0.4, 0.5) is 0 Å². The Balaban J connectivity index is 1.11. The number of allylic oxidation sites excluding steroid dienone is 3. The molecule has 1 aromatic carbocycles. The number of rotatable bonds is 9. The Kier molecular flexibility index (Phi) is 9.55. The molecule has 9 atom stereocenters. The van der Waals surface area contributed by atoms with Gasteiger partial charge in [-0.2, -0.15) is 0 Å². The fraction of sp³-hybridized carbons (Fsp3) is 0.705. The van der Waals surface area contributed by atoms with E-state index in [1.165, 1.54) is 68.1 Å². The second kappa shape index (κ2) is 13.2. The van der Waals surface area contributed by atoms with E-state index in [-0.39, 0.29) is 32.7 Å². The maximum Gasteiger partial charge on any atom is 0.335 e. The normalized spacial score (nSPS) is 40.1. The highest BCUT2D eigenvalue weighted by Crippen LogP contribution is 2.77. The summed E-state index contributed by atoms with van der Waals surface area (Å²) < 4.78 is 0. The van der Waals surface area contributed by atoms with Crippen molar-refractivity contribution in [2.75, 3.05) is 31.9 Å². The lowest BCUT2D eigenvalue weighted by Gasteiger charge is -2.72. The van der Waals surface area contributed by atoms with Crippen molar-refractivity contribution >= 4 is 34.3 Å². The number of nitrogens with one attached hydrogen (secondary N) is 1. The molecule has 0 spiro atoms. The average Bonchev–Trinajstić information content (AvgIpc) is 3.47. The zero-order chi connectivity index (χ0) is 36.6. The van der Waals surface area contributed by atoms with Gasteiger partial charge in [0, 0.05) is 25.4 Å². The van der Waals surface area contributed by atoms with Crippen molar-refractivity contribution in [1.29, 1.82) is 0 Å². The fourth-order valence-corrected chi connectivity index (χ4v) is 14.7. The van der Waals surface area contributed by atoms with Crippen molar-refractivity contribution in [3.05, 3.63) is 53.6 Å². The maximum absolute atomic E-state index is 12.3. The number of hydrogen-bond donors (Lipinski definition) is 2. The Bertz CT molecular complexity index is 1620. The first-order valence-electron chi connectivity index (χ1n) is 20.0. The summed E-state index contributed by atoms with van der Waals surface area (Å²) in [5.74, 6) is 2.73. The van der Waals surface area contributed by atoms with E-state index < -0.39 is 5.97 Å². The molecule has 0 aromatic heterocycles. The van der Waals surface area contributed by atoms with E-state index in [9.17, 15) is 19.5 Å². The first-order valence-corrected chi connectivity index (χ1v) is 20.9. The lowest BCUT2D eigenvalue weighted by atomic mass is 9.32. The van der Waals surface area contributed by atoms with Gasteiger partial charge >= 0.3 is 11.9 Å². The highest BCUT2D eigenvalue weighted by atomic mass is 32.2. The van der Waals surface area contributed by atoms with E-state index in [0.29, 0.717) is 59.4 Å². The predicted octanol–water partition coefficient (Wildman–Crippen LogP) is 9.12. The lowest BCUT2D eigenvalue weighted by molar-refractivity contribution is -0.225. The number of thioether (sulfide) groups is 1. The average molecular weight is 715 g/mol. The fourth-order valence-electron chi connectivity index (χ4n) is 14.0. The van der Waals surface area contributed by atoms with Crippen molar-refractivity contribution in [1.82, 2.24) is 10.2 Å². The molecular formula is C44H62N2O4S. The van der Waals surface area contributed by atoms with Gasteiger partial charge in [-0.1, -0.05) is 76.7 Å². The first kappa shape index (κ1) is 37.0. The number of amides is 1. The third-order valence-electron chi connectivity index (χ3n) is 16.6. The van der Waals surface area contributed by atoms with Crippen LogP contribution in [-0.2, 0) is 9.59 Å². The molecule has 51 heavy (non-hydrogen) atoms. The Labute approximate surface area is 311 Å². The molecule has 0 bridgehead atoms. The van der Waals surface area contributed by atoms with Crippen LogP contribution in [0.25, 0.3) is 5.57 Å². The first-order chi connectivity index (χ1) is 24.1. The molecule has 1 aromatic rings. The molecule has 5 fully saturated rings. The van der Waals surface area contributed by atoms with Crippen LogP contribution in [-0.4, -0.2) is 58.9 Å². The molecule has 7 rings (SSSR count). The molecule has 1 saturated heterocycles. The lowest BCUT2D eigenvalue weighted by Crippen LogP contribution is -2.65. The van der Waals surface area contributed by atoms with E-state index in [2.05, 4.69) is 59.5 Å². The van der Waals surface area contributed by atoms with E-state index in [0.717, 1.165) is 37.7 Å². The summed E-state index contributed by atoms with van der Waals surface area (Å²) in [5, 5.41) is 13.1. The van der Waals surface area contributed by atoms with Gasteiger partial charge in [0.25, 0.3) is 5.12 Å². The highest BCUT2D eigenvalue weighted by Gasteiger charge is 2.70. The molecule has 0 radical (unpaired) electrons. The van der Waals surface area contributed by atoms with Gasteiger partial charge in [0.1, 0.15) is 0 Å². The summed E-state index contributed by atoms with van der Waals surface area (Å²) >= 11 is 1.15. The number of carboxylic acid groups (broad SMARTS) is 1. The molecule has 2 N–H and O–H groups in total. The number of carboxylic acids is 1. The van der Waals surface area contributed by atoms with Crippen LogP contribution in [0.15, 0.2) is 42.5 Å². The smallest absolute Gasteiger partial charge is 0.335 e. The molecule has 1 heterocycles. The molecule has 5 aliphatic carbocycles. The Morgan fingerprint density at radius 3 is 2.41 bits per heavy atom. The minimum atomic E-state index is -0.869. The van der Waals surface area contributed by atoms with Gasteiger partial charge in [0.05, 0.1) is 5.56 Å². The monoisotopic (exact) mass is 714 g/mol. The SMILES string of the molecule is C=C(C)[C@@H]1CC[C@]2(CNCCCN3CCSC(=O)C3=O)CC[C@]3(C)[C@H](CC[C@@H]4[C@@]5(C)CC=C(c6ccc(C(=O)O)cc6)C(C)(C)[C@@H]5CC[C@]43C)[C@@H]12. The van der Waals surface area contributed by atoms with Crippen molar-refractivity contribution < 1.29 is 19.5 Å². The minimum Gasteiger partial charge on any atom is -0.478 e.